The van der Waals surface area contributed by atoms with E-state index in [1.54, 1.807) is 11.8 Å². The molecule has 0 aliphatic carbocycles. The van der Waals surface area contributed by atoms with Crippen LogP contribution in [0.1, 0.15) is 58.6 Å². The Balaban J connectivity index is 0.000000220. The van der Waals surface area contributed by atoms with Crippen molar-refractivity contribution < 1.29 is 19.7 Å². The smallest absolute Gasteiger partial charge is 0.410 e. The van der Waals surface area contributed by atoms with Crippen molar-refractivity contribution in [3.05, 3.63) is 69.7 Å². The molecule has 204 valence electrons. The van der Waals surface area contributed by atoms with Crippen LogP contribution in [0.25, 0.3) is 0 Å². The summed E-state index contributed by atoms with van der Waals surface area (Å²) in [5.74, 6) is 0. The Morgan fingerprint density at radius 2 is 1.46 bits per heavy atom. The first-order chi connectivity index (χ1) is 17.1. The molecule has 2 heterocycles. The Kier molecular flexibility index (Phi) is 9.57. The number of nitrogens with one attached hydrogen (secondary N) is 1. The molecule has 6 nitrogen and oxygen atoms in total. The van der Waals surface area contributed by atoms with Gasteiger partial charge in [-0.05, 0) is 95.7 Å². The number of β-amino-alcohol motifs (C(OH)–C–C–N with tert-alkyl or cyclic N) is 2. The Morgan fingerprint density at radius 1 is 0.946 bits per heavy atom. The lowest BCUT2D eigenvalue weighted by Crippen LogP contribution is -2.41. The number of rotatable bonds is 4. The number of aliphatic hydroxyl groups is 2. The molecule has 0 bridgehead atoms. The number of hydrogen-bond acceptors (Lipinski definition) is 5. The van der Waals surface area contributed by atoms with Gasteiger partial charge in [0.25, 0.3) is 0 Å². The molecule has 2 fully saturated rings. The third-order valence-electron chi connectivity index (χ3n) is 6.49. The zero-order valence-corrected chi connectivity index (χ0v) is 23.9. The third kappa shape index (κ3) is 9.77. The predicted octanol–water partition coefficient (Wildman–Crippen LogP) is 5.64. The minimum atomic E-state index is -0.881. The summed E-state index contributed by atoms with van der Waals surface area (Å²) in [5, 5.41) is 24.9. The molecule has 2 aliphatic rings. The third-order valence-corrected chi connectivity index (χ3v) is 7.00. The molecule has 8 heteroatoms. The van der Waals surface area contributed by atoms with Crippen LogP contribution in [0.15, 0.2) is 48.5 Å². The molecule has 4 rings (SSSR count). The fourth-order valence-corrected chi connectivity index (χ4v) is 5.13. The van der Waals surface area contributed by atoms with Gasteiger partial charge >= 0.3 is 6.09 Å². The Morgan fingerprint density at radius 3 is 1.92 bits per heavy atom. The summed E-state index contributed by atoms with van der Waals surface area (Å²) in [6.45, 7) is 10.1. The summed E-state index contributed by atoms with van der Waals surface area (Å²) >= 11 is 11.7. The van der Waals surface area contributed by atoms with E-state index in [9.17, 15) is 15.0 Å². The Bertz CT molecular complexity index is 1030. The fraction of sp³-hybridized carbons (Fsp3) is 0.552. The highest BCUT2D eigenvalue weighted by Crippen LogP contribution is 2.31. The van der Waals surface area contributed by atoms with Gasteiger partial charge in [0.15, 0.2) is 0 Å². The predicted molar refractivity (Wildman–Crippen MR) is 149 cm³/mol. The highest BCUT2D eigenvalue weighted by atomic mass is 35.5. The number of hydrogen-bond donors (Lipinski definition) is 3. The van der Waals surface area contributed by atoms with Gasteiger partial charge in [-0.1, -0.05) is 47.5 Å². The van der Waals surface area contributed by atoms with Gasteiger partial charge in [0.1, 0.15) is 5.60 Å². The lowest BCUT2D eigenvalue weighted by atomic mass is 9.98. The fourth-order valence-electron chi connectivity index (χ4n) is 4.88. The lowest BCUT2D eigenvalue weighted by Gasteiger charge is -2.28. The zero-order chi connectivity index (χ0) is 27.4. The van der Waals surface area contributed by atoms with Crippen LogP contribution >= 0.6 is 23.2 Å². The van der Waals surface area contributed by atoms with Crippen LogP contribution < -0.4 is 5.32 Å². The van der Waals surface area contributed by atoms with E-state index in [4.69, 9.17) is 27.9 Å². The van der Waals surface area contributed by atoms with Gasteiger partial charge in [0.05, 0.1) is 17.7 Å². The van der Waals surface area contributed by atoms with Gasteiger partial charge < -0.3 is 25.2 Å². The molecule has 3 N–H and O–H groups in total. The second-order valence-corrected chi connectivity index (χ2v) is 12.8. The number of carbonyl (C=O) groups excluding carboxylic acids is 1. The van der Waals surface area contributed by atoms with Gasteiger partial charge in [-0.2, -0.15) is 0 Å². The maximum absolute atomic E-state index is 12.4. The molecule has 2 unspecified atom stereocenters. The van der Waals surface area contributed by atoms with Crippen molar-refractivity contribution in [2.24, 2.45) is 0 Å². The van der Waals surface area contributed by atoms with Crippen LogP contribution in [0.4, 0.5) is 4.79 Å². The van der Waals surface area contributed by atoms with Crippen LogP contribution in [-0.4, -0.2) is 63.2 Å². The van der Waals surface area contributed by atoms with Crippen molar-refractivity contribution in [2.75, 3.05) is 13.1 Å². The normalized spacial score (nSPS) is 27.5. The Hall–Kier alpha value is -1.83. The maximum Gasteiger partial charge on any atom is 0.410 e. The summed E-state index contributed by atoms with van der Waals surface area (Å²) in [5.41, 5.74) is 0.372. The maximum atomic E-state index is 12.4. The molecule has 4 atom stereocenters. The van der Waals surface area contributed by atoms with E-state index in [1.165, 1.54) is 5.56 Å². The van der Waals surface area contributed by atoms with Crippen molar-refractivity contribution >= 4 is 29.3 Å². The topological polar surface area (TPSA) is 82.0 Å². The lowest BCUT2D eigenvalue weighted by molar-refractivity contribution is 0.0154. The van der Waals surface area contributed by atoms with Gasteiger partial charge in [0, 0.05) is 28.7 Å². The Labute approximate surface area is 230 Å². The average Bonchev–Trinajstić information content (AvgIpc) is 3.28. The van der Waals surface area contributed by atoms with Gasteiger partial charge in [-0.25, -0.2) is 4.79 Å². The second kappa shape index (κ2) is 11.9. The van der Waals surface area contributed by atoms with E-state index in [-0.39, 0.29) is 12.1 Å². The SMILES string of the molecule is CC1(O)CN[C@@H](Cc2ccc(Cl)cc2)C1.CC1(O)C[C@H](Cc2ccc(Cl)cc2)N(C(=O)OC(C)(C)C)C1. The standard InChI is InChI=1S/C17H24ClNO3.C12H16ClNO/c1-16(2,3)22-15(20)19-11-17(4,21)10-14(19)9-12-5-7-13(18)8-6-12;1-12(15)7-11(14-8-12)6-9-2-4-10(13)5-3-9/h5-8,14,21H,9-11H2,1-4H3;2-5,11,14-15H,6-8H2,1H3/t14-,17?;11-,12?/m00/s1. The molecule has 37 heavy (non-hydrogen) atoms. The number of halogens is 2. The zero-order valence-electron chi connectivity index (χ0n) is 22.4. The summed E-state index contributed by atoms with van der Waals surface area (Å²) in [6, 6.07) is 15.8. The highest BCUT2D eigenvalue weighted by molar-refractivity contribution is 6.30. The van der Waals surface area contributed by atoms with Crippen molar-refractivity contribution in [1.82, 2.24) is 10.2 Å². The van der Waals surface area contributed by atoms with Crippen molar-refractivity contribution in [1.29, 1.82) is 0 Å². The monoisotopic (exact) mass is 550 g/mol. The molecule has 0 saturated carbocycles. The summed E-state index contributed by atoms with van der Waals surface area (Å²) in [4.78, 5) is 14.0. The van der Waals surface area contributed by atoms with Gasteiger partial charge in [-0.15, -0.1) is 0 Å². The molecule has 2 aliphatic heterocycles. The minimum Gasteiger partial charge on any atom is -0.444 e. The number of likely N-dealkylation sites (tertiary alicyclic amines) is 1. The molecule has 0 spiro atoms. The number of benzene rings is 2. The second-order valence-electron chi connectivity index (χ2n) is 11.9. The number of carbonyl (C=O) groups is 1. The highest BCUT2D eigenvalue weighted by Gasteiger charge is 2.43. The van der Waals surface area contributed by atoms with E-state index in [1.807, 2.05) is 76.2 Å². The van der Waals surface area contributed by atoms with Crippen molar-refractivity contribution in [3.63, 3.8) is 0 Å². The van der Waals surface area contributed by atoms with Crippen LogP contribution in [0.5, 0.6) is 0 Å². The van der Waals surface area contributed by atoms with Crippen LogP contribution in [-0.2, 0) is 17.6 Å². The summed E-state index contributed by atoms with van der Waals surface area (Å²) < 4.78 is 5.46. The molecular formula is C29H40Cl2N2O4. The largest absolute Gasteiger partial charge is 0.444 e. The van der Waals surface area contributed by atoms with E-state index in [2.05, 4.69) is 5.32 Å². The minimum absolute atomic E-state index is 0.0778. The molecule has 2 aromatic carbocycles. The van der Waals surface area contributed by atoms with E-state index in [0.717, 1.165) is 23.4 Å². The first-order valence-electron chi connectivity index (χ1n) is 12.8. The first kappa shape index (κ1) is 29.7. The molecule has 2 aromatic rings. The van der Waals surface area contributed by atoms with Crippen LogP contribution in [0.2, 0.25) is 10.0 Å². The first-order valence-corrected chi connectivity index (χ1v) is 13.5. The molecule has 0 radical (unpaired) electrons. The molecule has 0 aromatic heterocycles. The molecule has 2 saturated heterocycles. The number of amides is 1. The van der Waals surface area contributed by atoms with Crippen molar-refractivity contribution in [2.45, 2.75) is 89.2 Å². The number of ether oxygens (including phenoxy) is 1. The van der Waals surface area contributed by atoms with E-state index in [0.29, 0.717) is 37.0 Å². The quantitative estimate of drug-likeness (QED) is 0.459. The van der Waals surface area contributed by atoms with Gasteiger partial charge in [-0.3, -0.25) is 0 Å². The van der Waals surface area contributed by atoms with Crippen molar-refractivity contribution in [3.8, 4) is 0 Å². The summed E-state index contributed by atoms with van der Waals surface area (Å²) in [7, 11) is 0. The average molecular weight is 552 g/mol. The van der Waals surface area contributed by atoms with Gasteiger partial charge in [0.2, 0.25) is 0 Å². The molecule has 1 amide bonds. The number of nitrogens with zero attached hydrogens (tertiary/aromatic N) is 1. The summed E-state index contributed by atoms with van der Waals surface area (Å²) in [6.07, 6.45) is 2.61. The van der Waals surface area contributed by atoms with Crippen LogP contribution in [0, 0.1) is 0 Å². The van der Waals surface area contributed by atoms with E-state index < -0.39 is 16.8 Å². The van der Waals surface area contributed by atoms with Crippen LogP contribution in [0.3, 0.4) is 0 Å². The molecular weight excluding hydrogens is 511 g/mol. The van der Waals surface area contributed by atoms with E-state index >= 15 is 0 Å².